The Hall–Kier alpha value is -0.610. The smallest absolute Gasteiger partial charge is 0.237 e. The van der Waals surface area contributed by atoms with E-state index in [0.717, 1.165) is 18.8 Å². The number of hydrogen-bond acceptors (Lipinski definition) is 3. The molecule has 16 heavy (non-hydrogen) atoms. The van der Waals surface area contributed by atoms with Crippen molar-refractivity contribution in [1.82, 2.24) is 10.6 Å². The van der Waals surface area contributed by atoms with Crippen LogP contribution < -0.4 is 10.6 Å². The highest BCUT2D eigenvalue weighted by Gasteiger charge is 2.30. The highest BCUT2D eigenvalue weighted by atomic mass is 16.3. The highest BCUT2D eigenvalue weighted by molar-refractivity contribution is 5.82. The average molecular weight is 226 g/mol. The molecule has 3 N–H and O–H groups in total. The topological polar surface area (TPSA) is 61.4 Å². The van der Waals surface area contributed by atoms with Crippen molar-refractivity contribution in [2.45, 2.75) is 57.2 Å². The zero-order valence-electron chi connectivity index (χ0n) is 9.91. The van der Waals surface area contributed by atoms with Crippen molar-refractivity contribution in [3.8, 4) is 0 Å². The summed E-state index contributed by atoms with van der Waals surface area (Å²) in [4.78, 5) is 11.9. The van der Waals surface area contributed by atoms with E-state index >= 15 is 0 Å². The average Bonchev–Trinajstić information content (AvgIpc) is 2.97. The molecule has 1 aliphatic heterocycles. The quantitative estimate of drug-likeness (QED) is 0.636. The fourth-order valence-corrected chi connectivity index (χ4v) is 2.30. The molecule has 0 aromatic heterocycles. The molecule has 4 heteroatoms. The van der Waals surface area contributed by atoms with E-state index in [0.29, 0.717) is 19.0 Å². The van der Waals surface area contributed by atoms with Gasteiger partial charge in [-0.25, -0.2) is 0 Å². The van der Waals surface area contributed by atoms with Gasteiger partial charge in [0, 0.05) is 12.6 Å². The van der Waals surface area contributed by atoms with Crippen molar-refractivity contribution in [3.05, 3.63) is 0 Å². The van der Waals surface area contributed by atoms with Gasteiger partial charge in [0.05, 0.1) is 12.1 Å². The monoisotopic (exact) mass is 226 g/mol. The Morgan fingerprint density at radius 3 is 2.81 bits per heavy atom. The number of carbonyl (C=O) groups is 1. The largest absolute Gasteiger partial charge is 0.392 e. The Balaban J connectivity index is 1.75. The first-order valence-corrected chi connectivity index (χ1v) is 6.40. The van der Waals surface area contributed by atoms with Gasteiger partial charge in [0.15, 0.2) is 0 Å². The van der Waals surface area contributed by atoms with Crippen molar-refractivity contribution >= 4 is 5.91 Å². The summed E-state index contributed by atoms with van der Waals surface area (Å²) in [7, 11) is 0. The molecule has 2 fully saturated rings. The van der Waals surface area contributed by atoms with Gasteiger partial charge in [0.25, 0.3) is 0 Å². The van der Waals surface area contributed by atoms with Crippen molar-refractivity contribution < 1.29 is 9.90 Å². The van der Waals surface area contributed by atoms with Crippen molar-refractivity contribution in [2.75, 3.05) is 6.54 Å². The zero-order chi connectivity index (χ0) is 11.5. The van der Waals surface area contributed by atoms with Crippen molar-refractivity contribution in [1.29, 1.82) is 0 Å². The normalized spacial score (nSPS) is 31.4. The van der Waals surface area contributed by atoms with Crippen LogP contribution in [-0.4, -0.2) is 35.7 Å². The second kappa shape index (κ2) is 5.15. The molecule has 0 bridgehead atoms. The molecule has 2 rings (SSSR count). The van der Waals surface area contributed by atoms with Gasteiger partial charge < -0.3 is 15.7 Å². The molecule has 4 nitrogen and oxygen atoms in total. The van der Waals surface area contributed by atoms with E-state index in [4.69, 9.17) is 0 Å². The van der Waals surface area contributed by atoms with Crippen molar-refractivity contribution in [3.63, 3.8) is 0 Å². The minimum atomic E-state index is -0.362. The third-order valence-electron chi connectivity index (χ3n) is 3.58. The first-order valence-electron chi connectivity index (χ1n) is 6.40. The summed E-state index contributed by atoms with van der Waals surface area (Å²) in [5.74, 6) is 0.899. The van der Waals surface area contributed by atoms with Crippen LogP contribution in [0.1, 0.15) is 39.0 Å². The maximum absolute atomic E-state index is 11.9. The van der Waals surface area contributed by atoms with Crippen LogP contribution in [0.3, 0.4) is 0 Å². The Morgan fingerprint density at radius 2 is 2.31 bits per heavy atom. The van der Waals surface area contributed by atoms with E-state index < -0.39 is 0 Å². The van der Waals surface area contributed by atoms with Gasteiger partial charge in [-0.1, -0.05) is 19.8 Å². The van der Waals surface area contributed by atoms with Crippen LogP contribution in [-0.2, 0) is 4.79 Å². The fraction of sp³-hybridized carbons (Fsp3) is 0.917. The summed E-state index contributed by atoms with van der Waals surface area (Å²) in [6.45, 7) is 2.65. The molecule has 3 atom stereocenters. The number of amides is 1. The van der Waals surface area contributed by atoms with E-state index in [1.54, 1.807) is 0 Å². The summed E-state index contributed by atoms with van der Waals surface area (Å²) in [5.41, 5.74) is 0. The van der Waals surface area contributed by atoms with Crippen LogP contribution >= 0.6 is 0 Å². The van der Waals surface area contributed by atoms with Crippen LogP contribution in [0.15, 0.2) is 0 Å². The molecule has 1 saturated heterocycles. The molecule has 0 aromatic rings. The third kappa shape index (κ3) is 3.19. The second-order valence-electron chi connectivity index (χ2n) is 5.14. The first kappa shape index (κ1) is 11.9. The number of β-amino-alcohol motifs (C(OH)–C–C–N with tert-alkyl or cyclic N) is 1. The second-order valence-corrected chi connectivity index (χ2v) is 5.14. The number of aliphatic hydroxyl groups is 1. The predicted molar refractivity (Wildman–Crippen MR) is 62.0 cm³/mol. The molecule has 1 saturated carbocycles. The molecule has 1 heterocycles. The van der Waals surface area contributed by atoms with Crippen molar-refractivity contribution in [2.24, 2.45) is 5.92 Å². The molecule has 1 amide bonds. The molecular weight excluding hydrogens is 204 g/mol. The third-order valence-corrected chi connectivity index (χ3v) is 3.58. The molecule has 92 valence electrons. The molecule has 1 aliphatic carbocycles. The molecular formula is C12H22N2O2. The summed E-state index contributed by atoms with van der Waals surface area (Å²) >= 11 is 0. The van der Waals surface area contributed by atoms with Crippen LogP contribution in [0.5, 0.6) is 0 Å². The Morgan fingerprint density at radius 1 is 1.56 bits per heavy atom. The number of carbonyl (C=O) groups excluding carboxylic acids is 1. The summed E-state index contributed by atoms with van der Waals surface area (Å²) < 4.78 is 0. The number of rotatable bonds is 5. The molecule has 0 aromatic carbocycles. The van der Waals surface area contributed by atoms with E-state index in [1.807, 2.05) is 0 Å². The predicted octanol–water partition coefficient (Wildman–Crippen LogP) is 0.404. The van der Waals surface area contributed by atoms with Gasteiger partial charge in [-0.15, -0.1) is 0 Å². The maximum Gasteiger partial charge on any atom is 0.237 e. The van der Waals surface area contributed by atoms with E-state index in [2.05, 4.69) is 17.6 Å². The Bertz CT molecular complexity index is 253. The Labute approximate surface area is 96.8 Å². The molecule has 3 unspecified atom stereocenters. The van der Waals surface area contributed by atoms with Crippen LogP contribution in [0.25, 0.3) is 0 Å². The number of nitrogens with one attached hydrogen (secondary N) is 2. The summed E-state index contributed by atoms with van der Waals surface area (Å²) in [5, 5.41) is 15.5. The number of hydrogen-bond donors (Lipinski definition) is 3. The highest BCUT2D eigenvalue weighted by Crippen LogP contribution is 2.34. The van der Waals surface area contributed by atoms with Gasteiger partial charge in [0.1, 0.15) is 0 Å². The van der Waals surface area contributed by atoms with Gasteiger partial charge in [0.2, 0.25) is 5.91 Å². The Kier molecular flexibility index (Phi) is 3.82. The van der Waals surface area contributed by atoms with Crippen LogP contribution in [0.4, 0.5) is 0 Å². The lowest BCUT2D eigenvalue weighted by molar-refractivity contribution is -0.123. The minimum absolute atomic E-state index is 0.0593. The van der Waals surface area contributed by atoms with Crippen LogP contribution in [0, 0.1) is 5.92 Å². The van der Waals surface area contributed by atoms with E-state index in [1.165, 1.54) is 12.8 Å². The van der Waals surface area contributed by atoms with Gasteiger partial charge >= 0.3 is 0 Å². The lowest BCUT2D eigenvalue weighted by Gasteiger charge is -2.19. The SMILES string of the molecule is CCC(CC1CC1)NC(=O)C1CC(O)CN1. The van der Waals surface area contributed by atoms with Crippen LogP contribution in [0.2, 0.25) is 0 Å². The lowest BCUT2D eigenvalue weighted by Crippen LogP contribution is -2.45. The lowest BCUT2D eigenvalue weighted by atomic mass is 10.1. The number of aliphatic hydroxyl groups excluding tert-OH is 1. The summed E-state index contributed by atoms with van der Waals surface area (Å²) in [6.07, 6.45) is 4.96. The van der Waals surface area contributed by atoms with Gasteiger partial charge in [-0.3, -0.25) is 4.79 Å². The van der Waals surface area contributed by atoms with Gasteiger partial charge in [-0.05, 0) is 25.2 Å². The maximum atomic E-state index is 11.9. The molecule has 0 spiro atoms. The molecule has 2 aliphatic rings. The van der Waals surface area contributed by atoms with E-state index in [9.17, 15) is 9.90 Å². The fourth-order valence-electron chi connectivity index (χ4n) is 2.30. The van der Waals surface area contributed by atoms with E-state index in [-0.39, 0.29) is 18.1 Å². The first-order chi connectivity index (χ1) is 7.69. The standard InChI is InChI=1S/C12H22N2O2/c1-2-9(5-8-3-4-8)14-12(16)11-6-10(15)7-13-11/h8-11,13,15H,2-7H2,1H3,(H,14,16). The molecule has 0 radical (unpaired) electrons. The zero-order valence-corrected chi connectivity index (χ0v) is 9.91. The summed E-state index contributed by atoms with van der Waals surface area (Å²) in [6, 6.07) is 0.128. The van der Waals surface area contributed by atoms with Gasteiger partial charge in [-0.2, -0.15) is 0 Å². The minimum Gasteiger partial charge on any atom is -0.392 e.